The van der Waals surface area contributed by atoms with Crippen molar-refractivity contribution >= 4 is 17.2 Å². The van der Waals surface area contributed by atoms with Gasteiger partial charge in [-0.15, -0.1) is 0 Å². The minimum atomic E-state index is 0.144. The highest BCUT2D eigenvalue weighted by atomic mass is 16.5. The number of allylic oxidation sites excluding steroid dienone is 2. The topological polar surface area (TPSA) is 50.7 Å². The number of hydrogen-bond donors (Lipinski definition) is 1. The van der Waals surface area contributed by atoms with Crippen molar-refractivity contribution in [2.24, 2.45) is 4.99 Å². The van der Waals surface area contributed by atoms with Crippen LogP contribution in [0.2, 0.25) is 0 Å². The van der Waals surface area contributed by atoms with Gasteiger partial charge in [0.1, 0.15) is 11.5 Å². The molecular formula is C16H20N2O2. The first kappa shape index (κ1) is 14.3. The van der Waals surface area contributed by atoms with Gasteiger partial charge in [-0.05, 0) is 56.5 Å². The van der Waals surface area contributed by atoms with Crippen LogP contribution in [-0.4, -0.2) is 25.1 Å². The van der Waals surface area contributed by atoms with Crippen molar-refractivity contribution in [2.75, 3.05) is 13.7 Å². The van der Waals surface area contributed by atoms with Gasteiger partial charge < -0.3 is 10.1 Å². The van der Waals surface area contributed by atoms with E-state index in [9.17, 15) is 4.79 Å². The fraction of sp³-hybridized carbons (Fsp3) is 0.375. The Kier molecular flexibility index (Phi) is 4.93. The lowest BCUT2D eigenvalue weighted by molar-refractivity contribution is -0.116. The molecule has 0 radical (unpaired) electrons. The van der Waals surface area contributed by atoms with Gasteiger partial charge in [0.2, 0.25) is 0 Å². The van der Waals surface area contributed by atoms with E-state index >= 15 is 0 Å². The maximum atomic E-state index is 11.0. The van der Waals surface area contributed by atoms with E-state index < -0.39 is 0 Å². The molecule has 0 saturated carbocycles. The fourth-order valence-electron chi connectivity index (χ4n) is 2.09. The second kappa shape index (κ2) is 6.89. The summed E-state index contributed by atoms with van der Waals surface area (Å²) in [6, 6.07) is 7.69. The quantitative estimate of drug-likeness (QED) is 0.896. The molecule has 1 aromatic rings. The molecule has 0 aromatic heterocycles. The summed E-state index contributed by atoms with van der Waals surface area (Å²) < 4.78 is 5.13. The number of ether oxygens (including phenoxy) is 1. The number of nitrogens with one attached hydrogen (secondary N) is 1. The van der Waals surface area contributed by atoms with Crippen molar-refractivity contribution in [1.82, 2.24) is 5.32 Å². The van der Waals surface area contributed by atoms with E-state index in [-0.39, 0.29) is 5.78 Å². The summed E-state index contributed by atoms with van der Waals surface area (Å²) in [6.45, 7) is 1.98. The minimum Gasteiger partial charge on any atom is -0.497 e. The minimum absolute atomic E-state index is 0.144. The molecule has 2 rings (SSSR count). The lowest BCUT2D eigenvalue weighted by Gasteiger charge is -2.15. The van der Waals surface area contributed by atoms with Crippen molar-refractivity contribution in [2.45, 2.75) is 26.2 Å². The normalized spacial score (nSPS) is 16.7. The zero-order valence-corrected chi connectivity index (χ0v) is 12.0. The summed E-state index contributed by atoms with van der Waals surface area (Å²) >= 11 is 0. The van der Waals surface area contributed by atoms with Crippen molar-refractivity contribution in [3.05, 3.63) is 36.0 Å². The predicted molar refractivity (Wildman–Crippen MR) is 80.7 cm³/mol. The Bertz CT molecular complexity index is 530. The van der Waals surface area contributed by atoms with E-state index in [1.54, 1.807) is 14.0 Å². The molecule has 1 aromatic carbocycles. The highest BCUT2D eigenvalue weighted by Gasteiger charge is 2.09. The number of benzene rings is 1. The van der Waals surface area contributed by atoms with Gasteiger partial charge in [-0.25, -0.2) is 0 Å². The smallest absolute Gasteiger partial charge is 0.148 e. The van der Waals surface area contributed by atoms with Crippen molar-refractivity contribution < 1.29 is 9.53 Å². The Morgan fingerprint density at radius 3 is 2.70 bits per heavy atom. The van der Waals surface area contributed by atoms with Crippen LogP contribution in [0.5, 0.6) is 5.75 Å². The second-order valence-corrected chi connectivity index (χ2v) is 4.88. The van der Waals surface area contributed by atoms with Gasteiger partial charge in [0.15, 0.2) is 0 Å². The molecule has 4 heteroatoms. The van der Waals surface area contributed by atoms with Gasteiger partial charge >= 0.3 is 0 Å². The van der Waals surface area contributed by atoms with Crippen LogP contribution in [0.3, 0.4) is 0 Å². The summed E-state index contributed by atoms with van der Waals surface area (Å²) in [5.41, 5.74) is 3.07. The fourth-order valence-corrected chi connectivity index (χ4v) is 2.09. The maximum Gasteiger partial charge on any atom is 0.148 e. The molecule has 0 spiro atoms. The first-order valence-corrected chi connectivity index (χ1v) is 6.83. The van der Waals surface area contributed by atoms with E-state index in [4.69, 9.17) is 4.74 Å². The lowest BCUT2D eigenvalue weighted by atomic mass is 10.0. The number of nitrogens with zero attached hydrogens (tertiary/aromatic N) is 1. The van der Waals surface area contributed by atoms with Crippen LogP contribution in [0.25, 0.3) is 0 Å². The summed E-state index contributed by atoms with van der Waals surface area (Å²) in [4.78, 5) is 15.6. The molecule has 0 fully saturated rings. The molecule has 0 amide bonds. The molecule has 1 aliphatic rings. The average Bonchev–Trinajstić information content (AvgIpc) is 2.46. The van der Waals surface area contributed by atoms with Gasteiger partial charge in [-0.2, -0.15) is 0 Å². The number of Topliss-reactive ketones (excluding diaryl/α,β-unsaturated/α-hetero) is 1. The van der Waals surface area contributed by atoms with Crippen LogP contribution in [0, 0.1) is 0 Å². The molecule has 1 N–H and O–H groups in total. The number of ketones is 1. The Morgan fingerprint density at radius 1 is 1.30 bits per heavy atom. The third kappa shape index (κ3) is 4.23. The molecular weight excluding hydrogens is 252 g/mol. The molecule has 20 heavy (non-hydrogen) atoms. The van der Waals surface area contributed by atoms with E-state index in [1.807, 2.05) is 24.3 Å². The summed E-state index contributed by atoms with van der Waals surface area (Å²) in [7, 11) is 1.65. The van der Waals surface area contributed by atoms with Crippen LogP contribution < -0.4 is 10.1 Å². The van der Waals surface area contributed by atoms with E-state index in [1.165, 1.54) is 0 Å². The van der Waals surface area contributed by atoms with Crippen LogP contribution in [0.1, 0.15) is 26.2 Å². The third-order valence-corrected chi connectivity index (χ3v) is 3.13. The second-order valence-electron chi connectivity index (χ2n) is 4.88. The van der Waals surface area contributed by atoms with Crippen molar-refractivity contribution in [1.29, 1.82) is 0 Å². The number of rotatable bonds is 5. The zero-order valence-electron chi connectivity index (χ0n) is 12.0. The molecule has 0 unspecified atom stereocenters. The van der Waals surface area contributed by atoms with E-state index in [2.05, 4.69) is 16.4 Å². The monoisotopic (exact) mass is 272 g/mol. The third-order valence-electron chi connectivity index (χ3n) is 3.13. The zero-order chi connectivity index (χ0) is 14.4. The number of aliphatic imine (C=N–C) groups is 1. The Labute approximate surface area is 119 Å². The number of hydrogen-bond acceptors (Lipinski definition) is 4. The summed E-state index contributed by atoms with van der Waals surface area (Å²) in [5.74, 6) is 0.974. The van der Waals surface area contributed by atoms with Gasteiger partial charge in [0.25, 0.3) is 0 Å². The molecule has 0 heterocycles. The van der Waals surface area contributed by atoms with E-state index in [0.29, 0.717) is 6.54 Å². The average molecular weight is 272 g/mol. The number of carbonyl (C=O) groups excluding carboxylic acids is 1. The number of methoxy groups -OCH3 is 1. The summed E-state index contributed by atoms with van der Waals surface area (Å²) in [6.07, 6.45) is 5.06. The summed E-state index contributed by atoms with van der Waals surface area (Å²) in [5, 5.41) is 3.17. The highest BCUT2D eigenvalue weighted by molar-refractivity contribution is 5.98. The van der Waals surface area contributed by atoms with Crippen LogP contribution in [-0.2, 0) is 4.79 Å². The van der Waals surface area contributed by atoms with Gasteiger partial charge in [-0.3, -0.25) is 9.79 Å². The van der Waals surface area contributed by atoms with Crippen LogP contribution >= 0.6 is 0 Å². The Morgan fingerprint density at radius 2 is 2.05 bits per heavy atom. The molecule has 0 bridgehead atoms. The highest BCUT2D eigenvalue weighted by Crippen LogP contribution is 2.21. The SMILES string of the molecule is COc1ccc(/N=C2/C=C(NCC(C)=O)CCC2)cc1. The van der Waals surface area contributed by atoms with Crippen LogP contribution in [0.15, 0.2) is 41.0 Å². The van der Waals surface area contributed by atoms with Crippen molar-refractivity contribution in [3.63, 3.8) is 0 Å². The van der Waals surface area contributed by atoms with Gasteiger partial charge in [-0.1, -0.05) is 0 Å². The largest absolute Gasteiger partial charge is 0.497 e. The maximum absolute atomic E-state index is 11.0. The molecule has 1 aliphatic carbocycles. The molecule has 106 valence electrons. The van der Waals surface area contributed by atoms with Crippen LogP contribution in [0.4, 0.5) is 5.69 Å². The first-order chi connectivity index (χ1) is 9.67. The molecule has 4 nitrogen and oxygen atoms in total. The lowest BCUT2D eigenvalue weighted by Crippen LogP contribution is -2.23. The van der Waals surface area contributed by atoms with Crippen molar-refractivity contribution in [3.8, 4) is 5.75 Å². The predicted octanol–water partition coefficient (Wildman–Crippen LogP) is 3.01. The van der Waals surface area contributed by atoms with Gasteiger partial charge in [0, 0.05) is 11.4 Å². The van der Waals surface area contributed by atoms with E-state index in [0.717, 1.165) is 42.1 Å². The Balaban J connectivity index is 2.07. The van der Waals surface area contributed by atoms with Gasteiger partial charge in [0.05, 0.1) is 19.3 Å². The molecule has 0 saturated heterocycles. The first-order valence-electron chi connectivity index (χ1n) is 6.83. The number of carbonyl (C=O) groups is 1. The molecule has 0 atom stereocenters. The Hall–Kier alpha value is -2.10. The standard InChI is InChI=1S/C16H20N2O2/c1-12(19)11-17-14-4-3-5-15(10-14)18-13-6-8-16(20-2)9-7-13/h6-10,17H,3-5,11H2,1-2H3/b18-15+. The molecule has 0 aliphatic heterocycles.